The number of carboxylic acid groups (broad SMARTS) is 1. The van der Waals surface area contributed by atoms with Crippen LogP contribution >= 0.6 is 0 Å². The van der Waals surface area contributed by atoms with Gasteiger partial charge >= 0.3 is 5.97 Å². The van der Waals surface area contributed by atoms with Crippen molar-refractivity contribution in [3.63, 3.8) is 0 Å². The second-order valence-corrected chi connectivity index (χ2v) is 6.19. The molecule has 1 aromatic carbocycles. The molecule has 0 radical (unpaired) electrons. The molecule has 0 atom stereocenters. The zero-order chi connectivity index (χ0) is 17.5. The van der Waals surface area contributed by atoms with E-state index in [-0.39, 0.29) is 24.2 Å². The van der Waals surface area contributed by atoms with Crippen LogP contribution in [-0.4, -0.2) is 59.4 Å². The van der Waals surface area contributed by atoms with E-state index in [0.717, 1.165) is 0 Å². The second-order valence-electron chi connectivity index (χ2n) is 6.19. The monoisotopic (exact) mass is 332 g/mol. The van der Waals surface area contributed by atoms with E-state index in [9.17, 15) is 14.4 Å². The molecule has 0 bridgehead atoms. The Balaban J connectivity index is 1.80. The summed E-state index contributed by atoms with van der Waals surface area (Å²) in [6, 6.07) is 9.17. The minimum Gasteiger partial charge on any atom is -0.481 e. The molecule has 6 nitrogen and oxygen atoms in total. The van der Waals surface area contributed by atoms with Crippen LogP contribution in [0.3, 0.4) is 0 Å². The van der Waals surface area contributed by atoms with Crippen molar-refractivity contribution in [1.29, 1.82) is 0 Å². The zero-order valence-corrected chi connectivity index (χ0v) is 14.0. The highest BCUT2D eigenvalue weighted by Gasteiger charge is 2.29. The summed E-state index contributed by atoms with van der Waals surface area (Å²) in [5.41, 5.74) is 0.674. The van der Waals surface area contributed by atoms with Gasteiger partial charge in [0.25, 0.3) is 5.91 Å². The van der Waals surface area contributed by atoms with Crippen molar-refractivity contribution in [2.45, 2.75) is 25.7 Å². The lowest BCUT2D eigenvalue weighted by Gasteiger charge is -2.33. The number of aliphatic carboxylic acids is 1. The Morgan fingerprint density at radius 1 is 1.17 bits per heavy atom. The van der Waals surface area contributed by atoms with Crippen molar-refractivity contribution in [3.05, 3.63) is 35.9 Å². The smallest absolute Gasteiger partial charge is 0.303 e. The highest BCUT2D eigenvalue weighted by Crippen LogP contribution is 2.21. The van der Waals surface area contributed by atoms with Crippen LogP contribution in [0.2, 0.25) is 0 Å². The first-order valence-corrected chi connectivity index (χ1v) is 8.30. The van der Waals surface area contributed by atoms with Crippen molar-refractivity contribution in [2.75, 3.05) is 26.7 Å². The van der Waals surface area contributed by atoms with Gasteiger partial charge in [0.05, 0.1) is 0 Å². The summed E-state index contributed by atoms with van der Waals surface area (Å²) >= 11 is 0. The molecule has 1 aliphatic heterocycles. The molecule has 2 rings (SSSR count). The van der Waals surface area contributed by atoms with Gasteiger partial charge in [0.1, 0.15) is 0 Å². The summed E-state index contributed by atoms with van der Waals surface area (Å²) in [5, 5.41) is 8.65. The topological polar surface area (TPSA) is 77.9 Å². The maximum absolute atomic E-state index is 12.4. The first kappa shape index (κ1) is 18.0. The van der Waals surface area contributed by atoms with Crippen molar-refractivity contribution in [3.8, 4) is 0 Å². The standard InChI is InChI=1S/C18H24N2O4/c1-19(11-5-8-16(21)22)17(23)15-9-12-20(13-10-15)18(24)14-6-3-2-4-7-14/h2-4,6-7,15H,5,8-13H2,1H3,(H,21,22). The van der Waals surface area contributed by atoms with Crippen LogP contribution in [0.5, 0.6) is 0 Å². The Bertz CT molecular complexity index is 580. The van der Waals surface area contributed by atoms with E-state index < -0.39 is 5.97 Å². The number of nitrogens with zero attached hydrogens (tertiary/aromatic N) is 2. The molecule has 130 valence electrons. The van der Waals surface area contributed by atoms with E-state index in [4.69, 9.17) is 5.11 Å². The lowest BCUT2D eigenvalue weighted by Crippen LogP contribution is -2.43. The van der Waals surface area contributed by atoms with E-state index in [1.165, 1.54) is 0 Å². The summed E-state index contributed by atoms with van der Waals surface area (Å²) in [7, 11) is 1.71. The van der Waals surface area contributed by atoms with Gasteiger partial charge < -0.3 is 14.9 Å². The Kier molecular flexibility index (Phi) is 6.35. The molecule has 1 aliphatic rings. The summed E-state index contributed by atoms with van der Waals surface area (Å²) in [5.74, 6) is -0.869. The fourth-order valence-electron chi connectivity index (χ4n) is 2.98. The van der Waals surface area contributed by atoms with E-state index in [2.05, 4.69) is 0 Å². The van der Waals surface area contributed by atoms with Crippen LogP contribution in [0.4, 0.5) is 0 Å². The first-order chi connectivity index (χ1) is 11.5. The molecular weight excluding hydrogens is 308 g/mol. The molecule has 1 fully saturated rings. The largest absolute Gasteiger partial charge is 0.481 e. The third-order valence-corrected chi connectivity index (χ3v) is 4.41. The number of hydrogen-bond donors (Lipinski definition) is 1. The highest BCUT2D eigenvalue weighted by molar-refractivity contribution is 5.94. The van der Waals surface area contributed by atoms with Crippen LogP contribution in [0.1, 0.15) is 36.0 Å². The van der Waals surface area contributed by atoms with Gasteiger partial charge in [0, 0.05) is 44.6 Å². The quantitative estimate of drug-likeness (QED) is 0.862. The average molecular weight is 332 g/mol. The van der Waals surface area contributed by atoms with Gasteiger partial charge in [-0.15, -0.1) is 0 Å². The van der Waals surface area contributed by atoms with Gasteiger partial charge in [0.2, 0.25) is 5.91 Å². The number of amides is 2. The van der Waals surface area contributed by atoms with Gasteiger partial charge in [-0.3, -0.25) is 14.4 Å². The highest BCUT2D eigenvalue weighted by atomic mass is 16.4. The van der Waals surface area contributed by atoms with Gasteiger partial charge in [-0.05, 0) is 31.4 Å². The van der Waals surface area contributed by atoms with Gasteiger partial charge in [0.15, 0.2) is 0 Å². The predicted molar refractivity (Wildman–Crippen MR) is 89.6 cm³/mol. The number of likely N-dealkylation sites (tertiary alicyclic amines) is 1. The van der Waals surface area contributed by atoms with Gasteiger partial charge in [-0.25, -0.2) is 0 Å². The maximum atomic E-state index is 12.4. The number of piperidine rings is 1. The van der Waals surface area contributed by atoms with Crippen molar-refractivity contribution < 1.29 is 19.5 Å². The van der Waals surface area contributed by atoms with Crippen LogP contribution in [0, 0.1) is 5.92 Å². The second kappa shape index (κ2) is 8.47. The van der Waals surface area contributed by atoms with Crippen LogP contribution in [0.25, 0.3) is 0 Å². The van der Waals surface area contributed by atoms with E-state index in [1.54, 1.807) is 29.0 Å². The number of carbonyl (C=O) groups is 3. The third-order valence-electron chi connectivity index (χ3n) is 4.41. The maximum Gasteiger partial charge on any atom is 0.303 e. The van der Waals surface area contributed by atoms with Gasteiger partial charge in [-0.2, -0.15) is 0 Å². The molecule has 1 aromatic rings. The van der Waals surface area contributed by atoms with Crippen molar-refractivity contribution in [2.24, 2.45) is 5.92 Å². The number of rotatable bonds is 6. The lowest BCUT2D eigenvalue weighted by atomic mass is 9.95. The fraction of sp³-hybridized carbons (Fsp3) is 0.500. The van der Waals surface area contributed by atoms with Crippen LogP contribution in [-0.2, 0) is 9.59 Å². The molecular formula is C18H24N2O4. The Morgan fingerprint density at radius 2 is 1.79 bits per heavy atom. The number of carboxylic acids is 1. The normalized spacial score (nSPS) is 15.1. The van der Waals surface area contributed by atoms with E-state index in [1.807, 2.05) is 18.2 Å². The minimum absolute atomic E-state index is 0.0105. The van der Waals surface area contributed by atoms with E-state index in [0.29, 0.717) is 44.5 Å². The first-order valence-electron chi connectivity index (χ1n) is 8.30. The number of benzene rings is 1. The summed E-state index contributed by atoms with van der Waals surface area (Å²) in [4.78, 5) is 38.7. The molecule has 2 amide bonds. The Hall–Kier alpha value is -2.37. The predicted octanol–water partition coefficient (Wildman–Crippen LogP) is 1.86. The van der Waals surface area contributed by atoms with Gasteiger partial charge in [-0.1, -0.05) is 18.2 Å². The third kappa shape index (κ3) is 4.81. The summed E-state index contributed by atoms with van der Waals surface area (Å²) < 4.78 is 0. The molecule has 24 heavy (non-hydrogen) atoms. The molecule has 0 unspecified atom stereocenters. The summed E-state index contributed by atoms with van der Waals surface area (Å²) in [6.45, 7) is 1.61. The van der Waals surface area contributed by atoms with Crippen LogP contribution in [0.15, 0.2) is 30.3 Å². The van der Waals surface area contributed by atoms with Crippen LogP contribution < -0.4 is 0 Å². The molecule has 0 aliphatic carbocycles. The zero-order valence-electron chi connectivity index (χ0n) is 14.0. The Labute approximate surface area is 142 Å². The summed E-state index contributed by atoms with van der Waals surface area (Å²) in [6.07, 6.45) is 1.84. The molecule has 1 saturated heterocycles. The molecule has 0 aromatic heterocycles. The molecule has 0 spiro atoms. The molecule has 1 heterocycles. The molecule has 0 saturated carbocycles. The lowest BCUT2D eigenvalue weighted by molar-refractivity contribution is -0.139. The number of carbonyl (C=O) groups excluding carboxylic acids is 2. The number of hydrogen-bond acceptors (Lipinski definition) is 3. The minimum atomic E-state index is -0.844. The average Bonchev–Trinajstić information content (AvgIpc) is 2.61. The van der Waals surface area contributed by atoms with E-state index >= 15 is 0 Å². The molecule has 6 heteroatoms. The Morgan fingerprint density at radius 3 is 2.38 bits per heavy atom. The SMILES string of the molecule is CN(CCCC(=O)O)C(=O)C1CCN(C(=O)c2ccccc2)CC1. The van der Waals surface area contributed by atoms with Crippen molar-refractivity contribution in [1.82, 2.24) is 9.80 Å². The molecule has 1 N–H and O–H groups in total. The fourth-order valence-corrected chi connectivity index (χ4v) is 2.98. The van der Waals surface area contributed by atoms with Crippen molar-refractivity contribution >= 4 is 17.8 Å².